The number of thiazole rings is 1. The Kier molecular flexibility index (Phi) is 9.59. The molecule has 0 aliphatic carbocycles. The zero-order valence-corrected chi connectivity index (χ0v) is 27.6. The molecule has 10 heteroatoms. The lowest BCUT2D eigenvalue weighted by Crippen LogP contribution is -2.40. The number of benzene rings is 3. The van der Waals surface area contributed by atoms with Gasteiger partial charge in [-0.1, -0.05) is 57.6 Å². The van der Waals surface area contributed by atoms with Gasteiger partial charge in [-0.3, -0.25) is 9.36 Å². The topological polar surface area (TPSA) is 79.1 Å². The van der Waals surface area contributed by atoms with Gasteiger partial charge in [-0.2, -0.15) is 0 Å². The molecular formula is C33H31BrN2O5S2. The van der Waals surface area contributed by atoms with Crippen molar-refractivity contribution in [3.8, 4) is 11.5 Å². The smallest absolute Gasteiger partial charge is 0.338 e. The number of rotatable bonds is 9. The van der Waals surface area contributed by atoms with E-state index in [1.165, 1.54) is 11.3 Å². The van der Waals surface area contributed by atoms with Crippen molar-refractivity contribution in [2.24, 2.45) is 4.99 Å². The molecule has 0 fully saturated rings. The summed E-state index contributed by atoms with van der Waals surface area (Å²) in [6.45, 7) is 5.78. The number of methoxy groups -OCH3 is 1. The van der Waals surface area contributed by atoms with Crippen molar-refractivity contribution in [3.05, 3.63) is 119 Å². The zero-order valence-electron chi connectivity index (χ0n) is 24.4. The quantitative estimate of drug-likeness (QED) is 0.154. The molecule has 0 radical (unpaired) electrons. The number of thioether (sulfide) groups is 1. The van der Waals surface area contributed by atoms with Crippen molar-refractivity contribution in [1.82, 2.24) is 4.57 Å². The van der Waals surface area contributed by atoms with Crippen molar-refractivity contribution in [1.29, 1.82) is 0 Å². The van der Waals surface area contributed by atoms with Crippen LogP contribution in [0.3, 0.4) is 0 Å². The average Bonchev–Trinajstić information content (AvgIpc) is 3.29. The number of esters is 1. The second-order valence-electron chi connectivity index (χ2n) is 10.1. The molecule has 0 spiro atoms. The molecule has 0 unspecified atom stereocenters. The van der Waals surface area contributed by atoms with Gasteiger partial charge >= 0.3 is 5.97 Å². The van der Waals surface area contributed by atoms with Gasteiger partial charge in [0.1, 0.15) is 6.61 Å². The summed E-state index contributed by atoms with van der Waals surface area (Å²) < 4.78 is 20.3. The van der Waals surface area contributed by atoms with E-state index in [-0.39, 0.29) is 11.7 Å². The van der Waals surface area contributed by atoms with E-state index in [9.17, 15) is 9.59 Å². The lowest BCUT2D eigenvalue weighted by atomic mass is 9.96. The van der Waals surface area contributed by atoms with Gasteiger partial charge in [-0.25, -0.2) is 9.79 Å². The molecule has 0 saturated heterocycles. The van der Waals surface area contributed by atoms with Crippen molar-refractivity contribution < 1.29 is 19.0 Å². The number of hydrogen-bond acceptors (Lipinski definition) is 8. The van der Waals surface area contributed by atoms with Crippen LogP contribution in [0, 0.1) is 0 Å². The first kappa shape index (κ1) is 30.8. The van der Waals surface area contributed by atoms with Gasteiger partial charge in [0.05, 0.1) is 35.1 Å². The number of carbonyl (C=O) groups is 1. The first-order valence-corrected chi connectivity index (χ1v) is 16.4. The standard InChI is InChI=1S/C33H31BrN2O5S2/c1-19(2)41-32(38)29-20(3)35-33-36(30(29)23-9-13-25(42-5)14-10-23)31(37)28(43-33)17-22-8-15-26(27(16-22)39-4)40-18-21-6-11-24(34)12-7-21/h6-17,19,30H,18H2,1-5H3/b28-17-/t30-/m1/s1. The minimum Gasteiger partial charge on any atom is -0.493 e. The summed E-state index contributed by atoms with van der Waals surface area (Å²) in [4.78, 5) is 33.6. The van der Waals surface area contributed by atoms with E-state index < -0.39 is 12.0 Å². The van der Waals surface area contributed by atoms with E-state index in [4.69, 9.17) is 14.2 Å². The van der Waals surface area contributed by atoms with E-state index in [2.05, 4.69) is 20.9 Å². The van der Waals surface area contributed by atoms with E-state index in [1.54, 1.807) is 44.2 Å². The molecule has 3 aromatic carbocycles. The molecule has 1 atom stereocenters. The third-order valence-electron chi connectivity index (χ3n) is 6.81. The molecule has 0 N–H and O–H groups in total. The number of halogens is 1. The Morgan fingerprint density at radius 3 is 2.47 bits per heavy atom. The summed E-state index contributed by atoms with van der Waals surface area (Å²) >= 11 is 6.36. The fourth-order valence-electron chi connectivity index (χ4n) is 4.75. The molecule has 0 bridgehead atoms. The van der Waals surface area contributed by atoms with E-state index >= 15 is 0 Å². The normalized spacial score (nSPS) is 14.9. The maximum Gasteiger partial charge on any atom is 0.338 e. The van der Waals surface area contributed by atoms with E-state index in [0.29, 0.717) is 38.7 Å². The number of allylic oxidation sites excluding steroid dienone is 1. The first-order valence-electron chi connectivity index (χ1n) is 13.6. The van der Waals surface area contributed by atoms with Crippen molar-refractivity contribution in [2.45, 2.75) is 44.4 Å². The van der Waals surface area contributed by atoms with Crippen LogP contribution in [-0.4, -0.2) is 30.0 Å². The van der Waals surface area contributed by atoms with Crippen LogP contribution in [0.2, 0.25) is 0 Å². The second kappa shape index (κ2) is 13.4. The predicted octanol–water partition coefficient (Wildman–Crippen LogP) is 6.26. The lowest BCUT2D eigenvalue weighted by Gasteiger charge is -2.25. The molecule has 5 rings (SSSR count). The number of nitrogens with zero attached hydrogens (tertiary/aromatic N) is 2. The Balaban J connectivity index is 1.54. The third kappa shape index (κ3) is 6.82. The lowest BCUT2D eigenvalue weighted by molar-refractivity contribution is -0.143. The van der Waals surface area contributed by atoms with Gasteiger partial charge in [0, 0.05) is 9.37 Å². The summed E-state index contributed by atoms with van der Waals surface area (Å²) in [5, 5.41) is 0. The molecule has 2 heterocycles. The van der Waals surface area contributed by atoms with Crippen LogP contribution in [0.15, 0.2) is 97.2 Å². The van der Waals surface area contributed by atoms with Gasteiger partial charge in [0.25, 0.3) is 5.56 Å². The van der Waals surface area contributed by atoms with E-state index in [0.717, 1.165) is 26.1 Å². The Hall–Kier alpha value is -3.60. The summed E-state index contributed by atoms with van der Waals surface area (Å²) in [6.07, 6.45) is 3.50. The van der Waals surface area contributed by atoms with Gasteiger partial charge in [-0.15, -0.1) is 11.8 Å². The molecule has 4 aromatic rings. The Morgan fingerprint density at radius 1 is 1.09 bits per heavy atom. The summed E-state index contributed by atoms with van der Waals surface area (Å²) in [7, 11) is 1.59. The Morgan fingerprint density at radius 2 is 1.81 bits per heavy atom. The largest absolute Gasteiger partial charge is 0.493 e. The Labute approximate surface area is 266 Å². The molecular weight excluding hydrogens is 648 g/mol. The molecule has 222 valence electrons. The van der Waals surface area contributed by atoms with Crippen molar-refractivity contribution in [3.63, 3.8) is 0 Å². The summed E-state index contributed by atoms with van der Waals surface area (Å²) in [6, 6.07) is 20.7. The van der Waals surface area contributed by atoms with Crippen LogP contribution in [-0.2, 0) is 16.1 Å². The minimum absolute atomic E-state index is 0.237. The highest BCUT2D eigenvalue weighted by Crippen LogP contribution is 2.32. The van der Waals surface area contributed by atoms with Gasteiger partial charge in [-0.05, 0) is 86.2 Å². The van der Waals surface area contributed by atoms with Crippen LogP contribution < -0.4 is 24.4 Å². The van der Waals surface area contributed by atoms with Crippen LogP contribution in [0.25, 0.3) is 6.08 Å². The first-order chi connectivity index (χ1) is 20.7. The predicted molar refractivity (Wildman–Crippen MR) is 175 cm³/mol. The number of carbonyl (C=O) groups excluding carboxylic acids is 1. The van der Waals surface area contributed by atoms with Crippen LogP contribution in [0.1, 0.15) is 43.5 Å². The molecule has 7 nitrogen and oxygen atoms in total. The van der Waals surface area contributed by atoms with Crippen LogP contribution >= 0.6 is 39.0 Å². The molecule has 43 heavy (non-hydrogen) atoms. The third-order valence-corrected chi connectivity index (χ3v) is 9.06. The van der Waals surface area contributed by atoms with Crippen molar-refractivity contribution >= 4 is 51.1 Å². The van der Waals surface area contributed by atoms with Crippen LogP contribution in [0.5, 0.6) is 11.5 Å². The average molecular weight is 680 g/mol. The van der Waals surface area contributed by atoms with Crippen molar-refractivity contribution in [2.75, 3.05) is 13.4 Å². The number of fused-ring (bicyclic) bond motifs is 1. The molecule has 0 amide bonds. The number of hydrogen-bond donors (Lipinski definition) is 0. The van der Waals surface area contributed by atoms with Gasteiger partial charge in [0.2, 0.25) is 0 Å². The highest BCUT2D eigenvalue weighted by molar-refractivity contribution is 9.10. The number of aromatic nitrogens is 1. The minimum atomic E-state index is -0.663. The zero-order chi connectivity index (χ0) is 30.7. The highest BCUT2D eigenvalue weighted by atomic mass is 79.9. The summed E-state index contributed by atoms with van der Waals surface area (Å²) in [5.41, 5.74) is 3.27. The maximum atomic E-state index is 14.0. The maximum absolute atomic E-state index is 14.0. The van der Waals surface area contributed by atoms with E-state index in [1.807, 2.05) is 79.1 Å². The Bertz CT molecular complexity index is 1860. The molecule has 1 aliphatic heterocycles. The fourth-order valence-corrected chi connectivity index (χ4v) is 6.47. The van der Waals surface area contributed by atoms with Gasteiger partial charge < -0.3 is 14.2 Å². The second-order valence-corrected chi connectivity index (χ2v) is 12.9. The molecule has 1 aromatic heterocycles. The molecule has 0 saturated carbocycles. The van der Waals surface area contributed by atoms with Gasteiger partial charge in [0.15, 0.2) is 16.3 Å². The summed E-state index contributed by atoms with van der Waals surface area (Å²) in [5.74, 6) is 0.676. The van der Waals surface area contributed by atoms with Crippen LogP contribution in [0.4, 0.5) is 0 Å². The molecule has 1 aliphatic rings. The monoisotopic (exact) mass is 678 g/mol. The highest BCUT2D eigenvalue weighted by Gasteiger charge is 2.33. The number of ether oxygens (including phenoxy) is 3. The SMILES string of the molecule is COc1cc(/C=c2\sc3n(c2=O)[C@H](c2ccc(SC)cc2)C(C(=O)OC(C)C)=C(C)N=3)ccc1OCc1ccc(Br)cc1. The fraction of sp³-hybridized carbons (Fsp3) is 0.242.